The van der Waals surface area contributed by atoms with E-state index < -0.39 is 0 Å². The van der Waals surface area contributed by atoms with Crippen LogP contribution >= 0.6 is 0 Å². The average Bonchev–Trinajstić information content (AvgIpc) is 3.33. The number of aryl methyl sites for hydroxylation is 1. The number of ether oxygens (including phenoxy) is 1. The minimum atomic E-state index is 0.237. The number of nitrogens with one attached hydrogen (secondary N) is 1. The van der Waals surface area contributed by atoms with Crippen molar-refractivity contribution in [3.63, 3.8) is 0 Å². The molecule has 1 saturated heterocycles. The molecule has 1 atom stereocenters. The first-order valence-electron chi connectivity index (χ1n) is 8.51. The molecule has 3 aromatic rings. The molecular weight excluding hydrogens is 316 g/mol. The number of hydrogen-bond donors (Lipinski definition) is 1. The molecule has 0 radical (unpaired) electrons. The number of pyridine rings is 1. The Labute approximate surface area is 146 Å². The Morgan fingerprint density at radius 2 is 1.96 bits per heavy atom. The predicted molar refractivity (Wildman–Crippen MR) is 95.2 cm³/mol. The second-order valence-electron chi connectivity index (χ2n) is 6.19. The fraction of sp³-hybridized carbons (Fsp3) is 0.316. The van der Waals surface area contributed by atoms with Gasteiger partial charge in [0, 0.05) is 24.9 Å². The van der Waals surface area contributed by atoms with Crippen molar-refractivity contribution < 1.29 is 9.15 Å². The summed E-state index contributed by atoms with van der Waals surface area (Å²) in [6, 6.07) is 11.8. The van der Waals surface area contributed by atoms with Gasteiger partial charge in [0.25, 0.3) is 5.89 Å². The van der Waals surface area contributed by atoms with Crippen LogP contribution < -0.4 is 5.32 Å². The third-order valence-electron chi connectivity index (χ3n) is 4.28. The molecule has 6 nitrogen and oxygen atoms in total. The molecule has 1 aromatic carbocycles. The van der Waals surface area contributed by atoms with E-state index in [1.165, 1.54) is 5.56 Å². The molecule has 1 aliphatic heterocycles. The maximum Gasteiger partial charge on any atom is 0.251 e. The highest BCUT2D eigenvalue weighted by molar-refractivity contribution is 5.69. The van der Waals surface area contributed by atoms with E-state index in [-0.39, 0.29) is 6.10 Å². The summed E-state index contributed by atoms with van der Waals surface area (Å²) in [5.74, 6) is 1.69. The number of nitrogens with zero attached hydrogens (tertiary/aromatic N) is 3. The van der Waals surface area contributed by atoms with Crippen molar-refractivity contribution in [2.75, 3.05) is 18.5 Å². The smallest absolute Gasteiger partial charge is 0.251 e. The van der Waals surface area contributed by atoms with Crippen LogP contribution in [0.1, 0.15) is 18.4 Å². The molecule has 2 aromatic heterocycles. The van der Waals surface area contributed by atoms with E-state index >= 15 is 0 Å². The van der Waals surface area contributed by atoms with Crippen LogP contribution in [0, 0.1) is 6.92 Å². The molecule has 1 N–H and O–H groups in total. The van der Waals surface area contributed by atoms with E-state index in [0.29, 0.717) is 11.8 Å². The van der Waals surface area contributed by atoms with Gasteiger partial charge in [0.2, 0.25) is 5.89 Å². The fourth-order valence-corrected chi connectivity index (χ4v) is 2.88. The van der Waals surface area contributed by atoms with Crippen LogP contribution in [0.3, 0.4) is 0 Å². The molecule has 0 spiro atoms. The van der Waals surface area contributed by atoms with Gasteiger partial charge < -0.3 is 14.5 Å². The van der Waals surface area contributed by atoms with E-state index in [2.05, 4.69) is 20.5 Å². The molecule has 1 fully saturated rings. The first-order chi connectivity index (χ1) is 12.3. The van der Waals surface area contributed by atoms with Crippen molar-refractivity contribution in [2.24, 2.45) is 0 Å². The van der Waals surface area contributed by atoms with Crippen molar-refractivity contribution in [3.8, 4) is 22.9 Å². The molecule has 0 saturated carbocycles. The molecular formula is C19H20N4O2. The van der Waals surface area contributed by atoms with Crippen LogP contribution in [-0.2, 0) is 4.74 Å². The van der Waals surface area contributed by atoms with E-state index in [4.69, 9.17) is 9.15 Å². The second-order valence-corrected chi connectivity index (χ2v) is 6.19. The second kappa shape index (κ2) is 7.03. The van der Waals surface area contributed by atoms with Crippen LogP contribution in [0.2, 0.25) is 0 Å². The van der Waals surface area contributed by atoms with Gasteiger partial charge in [-0.2, -0.15) is 0 Å². The molecule has 0 aliphatic carbocycles. The third kappa shape index (κ3) is 3.53. The highest BCUT2D eigenvalue weighted by Crippen LogP contribution is 2.28. The summed E-state index contributed by atoms with van der Waals surface area (Å²) in [5, 5.41) is 11.7. The Balaban J connectivity index is 1.56. The van der Waals surface area contributed by atoms with Gasteiger partial charge in [-0.3, -0.25) is 0 Å². The van der Waals surface area contributed by atoms with Gasteiger partial charge in [-0.1, -0.05) is 17.7 Å². The largest absolute Gasteiger partial charge is 0.416 e. The zero-order valence-corrected chi connectivity index (χ0v) is 14.1. The maximum atomic E-state index is 5.87. The summed E-state index contributed by atoms with van der Waals surface area (Å²) in [6.07, 6.45) is 4.18. The van der Waals surface area contributed by atoms with Crippen molar-refractivity contribution in [2.45, 2.75) is 25.9 Å². The maximum absolute atomic E-state index is 5.87. The Morgan fingerprint density at radius 3 is 2.76 bits per heavy atom. The molecule has 3 heterocycles. The zero-order valence-electron chi connectivity index (χ0n) is 14.1. The summed E-state index contributed by atoms with van der Waals surface area (Å²) in [7, 11) is 0. The van der Waals surface area contributed by atoms with Crippen molar-refractivity contribution in [3.05, 3.63) is 48.2 Å². The lowest BCUT2D eigenvalue weighted by Crippen LogP contribution is -2.19. The lowest BCUT2D eigenvalue weighted by Gasteiger charge is -2.12. The zero-order chi connectivity index (χ0) is 17.1. The SMILES string of the molecule is Cc1ccc(-c2nnc(-c3cccnc3NC[C@@H]3CCCO3)o2)cc1. The number of aromatic nitrogens is 3. The Bertz CT molecular complexity index is 839. The van der Waals surface area contributed by atoms with Crippen LogP contribution in [0.25, 0.3) is 22.9 Å². The molecule has 0 unspecified atom stereocenters. The number of rotatable bonds is 5. The molecule has 6 heteroatoms. The Morgan fingerprint density at radius 1 is 1.12 bits per heavy atom. The van der Waals surface area contributed by atoms with Crippen LogP contribution in [0.5, 0.6) is 0 Å². The summed E-state index contributed by atoms with van der Waals surface area (Å²) in [4.78, 5) is 4.42. The van der Waals surface area contributed by atoms with Gasteiger partial charge in [-0.05, 0) is 44.0 Å². The minimum absolute atomic E-state index is 0.237. The lowest BCUT2D eigenvalue weighted by atomic mass is 10.1. The average molecular weight is 336 g/mol. The molecule has 128 valence electrons. The Hall–Kier alpha value is -2.73. The van der Waals surface area contributed by atoms with Gasteiger partial charge in [0.1, 0.15) is 5.82 Å². The summed E-state index contributed by atoms with van der Waals surface area (Å²) in [5.41, 5.74) is 2.89. The number of benzene rings is 1. The summed E-state index contributed by atoms with van der Waals surface area (Å²) < 4.78 is 11.5. The molecule has 4 rings (SSSR count). The first kappa shape index (κ1) is 15.8. The minimum Gasteiger partial charge on any atom is -0.416 e. The van der Waals surface area contributed by atoms with Crippen LogP contribution in [0.4, 0.5) is 5.82 Å². The first-order valence-corrected chi connectivity index (χ1v) is 8.51. The number of anilines is 1. The molecule has 1 aliphatic rings. The van der Waals surface area contributed by atoms with Gasteiger partial charge in [0.15, 0.2) is 0 Å². The summed E-state index contributed by atoms with van der Waals surface area (Å²) in [6.45, 7) is 3.61. The fourth-order valence-electron chi connectivity index (χ4n) is 2.88. The Kier molecular flexibility index (Phi) is 4.43. The normalized spacial score (nSPS) is 16.9. The monoisotopic (exact) mass is 336 g/mol. The quantitative estimate of drug-likeness (QED) is 0.766. The van der Waals surface area contributed by atoms with E-state index in [1.54, 1.807) is 6.20 Å². The lowest BCUT2D eigenvalue weighted by molar-refractivity contribution is 0.120. The van der Waals surface area contributed by atoms with Gasteiger partial charge in [0.05, 0.1) is 11.7 Å². The van der Waals surface area contributed by atoms with Crippen molar-refractivity contribution in [1.29, 1.82) is 0 Å². The van der Waals surface area contributed by atoms with Crippen LogP contribution in [-0.4, -0.2) is 34.4 Å². The highest BCUT2D eigenvalue weighted by atomic mass is 16.5. The van der Waals surface area contributed by atoms with Crippen LogP contribution in [0.15, 0.2) is 47.0 Å². The standard InChI is InChI=1S/C19H20N4O2/c1-13-6-8-14(9-7-13)18-22-23-19(25-18)16-5-2-10-20-17(16)21-12-15-4-3-11-24-15/h2,5-10,15H,3-4,11-12H2,1H3,(H,20,21)/t15-/m0/s1. The molecule has 25 heavy (non-hydrogen) atoms. The third-order valence-corrected chi connectivity index (χ3v) is 4.28. The topological polar surface area (TPSA) is 73.1 Å². The van der Waals surface area contributed by atoms with E-state index in [9.17, 15) is 0 Å². The number of hydrogen-bond acceptors (Lipinski definition) is 6. The van der Waals surface area contributed by atoms with Crippen molar-refractivity contribution >= 4 is 5.82 Å². The highest BCUT2D eigenvalue weighted by Gasteiger charge is 2.18. The van der Waals surface area contributed by atoms with E-state index in [0.717, 1.165) is 42.9 Å². The predicted octanol–water partition coefficient (Wildman–Crippen LogP) is 3.70. The molecule has 0 amide bonds. The van der Waals surface area contributed by atoms with E-state index in [1.807, 2.05) is 43.3 Å². The van der Waals surface area contributed by atoms with Gasteiger partial charge >= 0.3 is 0 Å². The molecule has 0 bridgehead atoms. The van der Waals surface area contributed by atoms with Gasteiger partial charge in [-0.25, -0.2) is 4.98 Å². The summed E-state index contributed by atoms with van der Waals surface area (Å²) >= 11 is 0. The van der Waals surface area contributed by atoms with Gasteiger partial charge in [-0.15, -0.1) is 10.2 Å². The van der Waals surface area contributed by atoms with Crippen molar-refractivity contribution in [1.82, 2.24) is 15.2 Å².